The van der Waals surface area contributed by atoms with E-state index in [2.05, 4.69) is 10.2 Å². The van der Waals surface area contributed by atoms with Crippen molar-refractivity contribution in [3.63, 3.8) is 0 Å². The van der Waals surface area contributed by atoms with Crippen LogP contribution in [-0.4, -0.2) is 33.5 Å². The highest BCUT2D eigenvalue weighted by atomic mass is 32.1. The van der Waals surface area contributed by atoms with E-state index in [0.717, 1.165) is 32.6 Å². The highest BCUT2D eigenvalue weighted by Crippen LogP contribution is 2.34. The van der Waals surface area contributed by atoms with Crippen LogP contribution in [0.1, 0.15) is 6.92 Å². The van der Waals surface area contributed by atoms with Gasteiger partial charge in [-0.05, 0) is 31.2 Å². The zero-order chi connectivity index (χ0) is 17.2. The summed E-state index contributed by atoms with van der Waals surface area (Å²) in [5.74, 6) is 2.28. The van der Waals surface area contributed by atoms with Crippen LogP contribution in [-0.2, 0) is 0 Å². The molecule has 6 nitrogen and oxygen atoms in total. The Morgan fingerprint density at radius 1 is 1.08 bits per heavy atom. The van der Waals surface area contributed by atoms with Crippen molar-refractivity contribution in [1.29, 1.82) is 0 Å². The summed E-state index contributed by atoms with van der Waals surface area (Å²) in [6.45, 7) is 2.58. The largest absolute Gasteiger partial charge is 0.496 e. The van der Waals surface area contributed by atoms with Gasteiger partial charge in [-0.25, -0.2) is 0 Å². The molecule has 0 amide bonds. The lowest BCUT2D eigenvalue weighted by Gasteiger charge is -2.05. The van der Waals surface area contributed by atoms with E-state index in [1.54, 1.807) is 11.6 Å². The van der Waals surface area contributed by atoms with Gasteiger partial charge in [0.05, 0.1) is 19.3 Å². The van der Waals surface area contributed by atoms with Gasteiger partial charge in [-0.1, -0.05) is 35.6 Å². The van der Waals surface area contributed by atoms with Gasteiger partial charge in [-0.2, -0.15) is 9.61 Å². The molecule has 2 aromatic carbocycles. The van der Waals surface area contributed by atoms with E-state index in [-0.39, 0.29) is 0 Å². The highest BCUT2D eigenvalue weighted by Gasteiger charge is 2.16. The average Bonchev–Trinajstić information content (AvgIpc) is 3.22. The number of nitrogens with zero attached hydrogens (tertiary/aromatic N) is 4. The Balaban J connectivity index is 1.80. The summed E-state index contributed by atoms with van der Waals surface area (Å²) >= 11 is 1.48. The average molecular weight is 352 g/mol. The zero-order valence-corrected chi connectivity index (χ0v) is 14.7. The van der Waals surface area contributed by atoms with Crippen LogP contribution in [0.3, 0.4) is 0 Å². The lowest BCUT2D eigenvalue weighted by molar-refractivity contribution is 0.340. The molecule has 7 heteroatoms. The zero-order valence-electron chi connectivity index (χ0n) is 13.8. The second kappa shape index (κ2) is 6.52. The molecule has 4 rings (SSSR count). The topological polar surface area (TPSA) is 61.5 Å². The SMILES string of the molecule is CCOc1cccc(-c2nnc3sc(-c4ccccc4OC)nn23)c1. The standard InChI is InChI=1S/C18H16N4O2S/c1-3-24-13-8-6-7-12(11-13)16-19-20-18-22(16)21-17(25-18)14-9-4-5-10-15(14)23-2/h4-11H,3H2,1-2H3. The number of ether oxygens (including phenoxy) is 2. The quantitative estimate of drug-likeness (QED) is 0.545. The molecule has 0 aliphatic carbocycles. The molecule has 0 fully saturated rings. The molecule has 2 heterocycles. The third-order valence-electron chi connectivity index (χ3n) is 3.73. The van der Waals surface area contributed by atoms with Crippen LogP contribution in [0.2, 0.25) is 0 Å². The lowest BCUT2D eigenvalue weighted by atomic mass is 10.2. The van der Waals surface area contributed by atoms with Gasteiger partial charge in [0.25, 0.3) is 0 Å². The second-order valence-electron chi connectivity index (χ2n) is 5.29. The summed E-state index contributed by atoms with van der Waals surface area (Å²) < 4.78 is 12.8. The van der Waals surface area contributed by atoms with Crippen molar-refractivity contribution in [3.05, 3.63) is 48.5 Å². The molecule has 0 saturated carbocycles. The molecule has 126 valence electrons. The van der Waals surface area contributed by atoms with E-state index in [1.165, 1.54) is 11.3 Å². The van der Waals surface area contributed by atoms with Crippen molar-refractivity contribution in [3.8, 4) is 33.5 Å². The second-order valence-corrected chi connectivity index (χ2v) is 6.24. The Labute approximate surface area is 148 Å². The molecule has 2 aromatic heterocycles. The molecular weight excluding hydrogens is 336 g/mol. The van der Waals surface area contributed by atoms with Gasteiger partial charge in [0.1, 0.15) is 11.5 Å². The van der Waals surface area contributed by atoms with Crippen LogP contribution in [0.15, 0.2) is 48.5 Å². The number of fused-ring (bicyclic) bond motifs is 1. The van der Waals surface area contributed by atoms with Gasteiger partial charge >= 0.3 is 0 Å². The highest BCUT2D eigenvalue weighted by molar-refractivity contribution is 7.19. The van der Waals surface area contributed by atoms with E-state index >= 15 is 0 Å². The molecule has 0 N–H and O–H groups in total. The minimum absolute atomic E-state index is 0.618. The maximum absolute atomic E-state index is 5.57. The van der Waals surface area contributed by atoms with Gasteiger partial charge in [0, 0.05) is 5.56 Å². The minimum atomic E-state index is 0.618. The van der Waals surface area contributed by atoms with Gasteiger partial charge in [-0.3, -0.25) is 0 Å². The molecule has 0 bridgehead atoms. The van der Waals surface area contributed by atoms with E-state index in [0.29, 0.717) is 12.4 Å². The Bertz CT molecular complexity index is 1020. The van der Waals surface area contributed by atoms with Crippen LogP contribution in [0, 0.1) is 0 Å². The van der Waals surface area contributed by atoms with Crippen LogP contribution >= 0.6 is 11.3 Å². The predicted molar refractivity (Wildman–Crippen MR) is 97.3 cm³/mol. The predicted octanol–water partition coefficient (Wildman–Crippen LogP) is 3.93. The van der Waals surface area contributed by atoms with E-state index < -0.39 is 0 Å². The Morgan fingerprint density at radius 3 is 2.80 bits per heavy atom. The number of hydrogen-bond acceptors (Lipinski definition) is 6. The van der Waals surface area contributed by atoms with Crippen LogP contribution in [0.4, 0.5) is 0 Å². The van der Waals surface area contributed by atoms with Crippen LogP contribution in [0.25, 0.3) is 26.9 Å². The van der Waals surface area contributed by atoms with Crippen molar-refractivity contribution in [2.24, 2.45) is 0 Å². The fourth-order valence-corrected chi connectivity index (χ4v) is 3.49. The minimum Gasteiger partial charge on any atom is -0.496 e. The molecule has 25 heavy (non-hydrogen) atoms. The molecule has 0 aliphatic heterocycles. The molecule has 0 saturated heterocycles. The number of hydrogen-bond donors (Lipinski definition) is 0. The summed E-state index contributed by atoms with van der Waals surface area (Å²) in [5, 5.41) is 14.1. The summed E-state index contributed by atoms with van der Waals surface area (Å²) in [7, 11) is 1.66. The normalized spacial score (nSPS) is 11.0. The van der Waals surface area contributed by atoms with Gasteiger partial charge in [0.15, 0.2) is 10.8 Å². The van der Waals surface area contributed by atoms with E-state index in [9.17, 15) is 0 Å². The van der Waals surface area contributed by atoms with Crippen LogP contribution < -0.4 is 9.47 Å². The maximum atomic E-state index is 5.57. The Kier molecular flexibility index (Phi) is 4.07. The molecular formula is C18H16N4O2S. The first kappa shape index (κ1) is 15.6. The first-order valence-electron chi connectivity index (χ1n) is 7.89. The lowest BCUT2D eigenvalue weighted by Crippen LogP contribution is -1.94. The summed E-state index contributed by atoms with van der Waals surface area (Å²) in [6.07, 6.45) is 0. The van der Waals surface area contributed by atoms with Crippen molar-refractivity contribution in [1.82, 2.24) is 19.8 Å². The van der Waals surface area contributed by atoms with E-state index in [4.69, 9.17) is 14.6 Å². The van der Waals surface area contributed by atoms with Crippen molar-refractivity contribution >= 4 is 16.3 Å². The van der Waals surface area contributed by atoms with Crippen molar-refractivity contribution in [2.75, 3.05) is 13.7 Å². The molecule has 0 aliphatic rings. The van der Waals surface area contributed by atoms with Crippen molar-refractivity contribution in [2.45, 2.75) is 6.92 Å². The number of para-hydroxylation sites is 1. The fourth-order valence-electron chi connectivity index (χ4n) is 2.62. The van der Waals surface area contributed by atoms with Crippen LogP contribution in [0.5, 0.6) is 11.5 Å². The first-order valence-corrected chi connectivity index (χ1v) is 8.70. The molecule has 0 unspecified atom stereocenters. The molecule has 0 spiro atoms. The van der Waals surface area contributed by atoms with Gasteiger partial charge < -0.3 is 9.47 Å². The Hall–Kier alpha value is -2.93. The third-order valence-corrected chi connectivity index (χ3v) is 4.66. The molecule has 0 atom stereocenters. The third kappa shape index (κ3) is 2.83. The van der Waals surface area contributed by atoms with Crippen molar-refractivity contribution < 1.29 is 9.47 Å². The number of aromatic nitrogens is 4. The maximum Gasteiger partial charge on any atom is 0.235 e. The van der Waals surface area contributed by atoms with Gasteiger partial charge in [0.2, 0.25) is 4.96 Å². The number of methoxy groups -OCH3 is 1. The summed E-state index contributed by atoms with van der Waals surface area (Å²) in [5.41, 5.74) is 1.85. The smallest absolute Gasteiger partial charge is 0.235 e. The summed E-state index contributed by atoms with van der Waals surface area (Å²) in [6, 6.07) is 15.6. The number of benzene rings is 2. The first-order chi connectivity index (χ1) is 12.3. The summed E-state index contributed by atoms with van der Waals surface area (Å²) in [4.78, 5) is 0.734. The van der Waals surface area contributed by atoms with Gasteiger partial charge in [-0.15, -0.1) is 10.2 Å². The van der Waals surface area contributed by atoms with E-state index in [1.807, 2.05) is 55.5 Å². The monoisotopic (exact) mass is 352 g/mol. The molecule has 4 aromatic rings. The number of rotatable bonds is 5. The molecule has 0 radical (unpaired) electrons. The Morgan fingerprint density at radius 2 is 1.96 bits per heavy atom. The fraction of sp³-hybridized carbons (Fsp3) is 0.167.